The number of nitrogens with one attached hydrogen (secondary N) is 1. The van der Waals surface area contributed by atoms with E-state index in [4.69, 9.17) is 10.5 Å². The summed E-state index contributed by atoms with van der Waals surface area (Å²) in [5.41, 5.74) is 6.60. The number of anilines is 1. The van der Waals surface area contributed by atoms with Crippen molar-refractivity contribution in [1.29, 1.82) is 0 Å². The molecule has 4 aromatic rings. The third kappa shape index (κ3) is 4.69. The molecular formula is C25H22N4O5S. The second-order valence-electron chi connectivity index (χ2n) is 7.62. The van der Waals surface area contributed by atoms with Gasteiger partial charge in [-0.25, -0.2) is 9.48 Å². The lowest BCUT2D eigenvalue weighted by molar-refractivity contribution is -0.117. The number of hydrogen-bond donors (Lipinski definition) is 2. The molecule has 3 N–H and O–H groups in total. The first-order valence-corrected chi connectivity index (χ1v) is 11.6. The van der Waals surface area contributed by atoms with E-state index in [1.165, 1.54) is 17.4 Å². The summed E-state index contributed by atoms with van der Waals surface area (Å²) in [7, 11) is 0. The highest BCUT2D eigenvalue weighted by Crippen LogP contribution is 2.40. The van der Waals surface area contributed by atoms with Gasteiger partial charge in [-0.15, -0.1) is 11.3 Å². The van der Waals surface area contributed by atoms with Crippen LogP contribution in [-0.2, 0) is 16.1 Å². The van der Waals surface area contributed by atoms with Gasteiger partial charge in [-0.05, 0) is 31.0 Å². The third-order valence-electron chi connectivity index (χ3n) is 5.31. The summed E-state index contributed by atoms with van der Waals surface area (Å²) >= 11 is 1.23. The fourth-order valence-corrected chi connectivity index (χ4v) is 4.96. The lowest BCUT2D eigenvalue weighted by Crippen LogP contribution is -2.32. The number of primary amides is 1. The van der Waals surface area contributed by atoms with Gasteiger partial charge in [-0.1, -0.05) is 48.5 Å². The summed E-state index contributed by atoms with van der Waals surface area (Å²) in [4.78, 5) is 51.3. The molecule has 0 bridgehead atoms. The number of nitrogens with zero attached hydrogens (tertiary/aromatic N) is 2. The molecule has 0 saturated carbocycles. The maximum Gasteiger partial charge on any atom is 0.341 e. The molecule has 35 heavy (non-hydrogen) atoms. The SMILES string of the molecule is CCOC(=O)c1c(NC(=O)Cn2nc(C(N)=O)c3ccccc3c2=O)sc(-c2ccccc2)c1C. The summed E-state index contributed by atoms with van der Waals surface area (Å²) in [5, 5.41) is 7.57. The summed E-state index contributed by atoms with van der Waals surface area (Å²) < 4.78 is 6.09. The van der Waals surface area contributed by atoms with E-state index in [2.05, 4.69) is 10.4 Å². The van der Waals surface area contributed by atoms with Crippen LogP contribution in [-0.4, -0.2) is 34.2 Å². The Balaban J connectivity index is 1.71. The first-order chi connectivity index (χ1) is 16.8. The van der Waals surface area contributed by atoms with Gasteiger partial charge in [0.05, 0.1) is 17.6 Å². The van der Waals surface area contributed by atoms with Crippen molar-refractivity contribution in [3.63, 3.8) is 0 Å². The van der Waals surface area contributed by atoms with Crippen LogP contribution in [0.25, 0.3) is 21.2 Å². The zero-order chi connectivity index (χ0) is 25.1. The van der Waals surface area contributed by atoms with E-state index >= 15 is 0 Å². The maximum absolute atomic E-state index is 13.0. The Labute approximate surface area is 204 Å². The molecule has 2 heterocycles. The number of carbonyl (C=O) groups is 3. The molecule has 2 aromatic heterocycles. The second kappa shape index (κ2) is 9.90. The number of benzene rings is 2. The number of carbonyl (C=O) groups excluding carboxylic acids is 3. The maximum atomic E-state index is 13.0. The molecule has 0 spiro atoms. The average Bonchev–Trinajstić information content (AvgIpc) is 3.16. The Morgan fingerprint density at radius 1 is 1.06 bits per heavy atom. The van der Waals surface area contributed by atoms with Crippen LogP contribution in [0.5, 0.6) is 0 Å². The molecule has 178 valence electrons. The van der Waals surface area contributed by atoms with Gasteiger partial charge in [0.2, 0.25) is 5.91 Å². The van der Waals surface area contributed by atoms with Gasteiger partial charge in [0.25, 0.3) is 11.5 Å². The third-order valence-corrected chi connectivity index (χ3v) is 6.57. The zero-order valence-corrected chi connectivity index (χ0v) is 19.8. The van der Waals surface area contributed by atoms with Crippen LogP contribution in [0, 0.1) is 6.92 Å². The van der Waals surface area contributed by atoms with Crippen LogP contribution in [0.4, 0.5) is 5.00 Å². The van der Waals surface area contributed by atoms with Gasteiger partial charge >= 0.3 is 5.97 Å². The van der Waals surface area contributed by atoms with Crippen LogP contribution in [0.3, 0.4) is 0 Å². The molecule has 0 atom stereocenters. The number of hydrogen-bond acceptors (Lipinski definition) is 7. The van der Waals surface area contributed by atoms with Crippen molar-refractivity contribution >= 4 is 44.9 Å². The Kier molecular flexibility index (Phi) is 6.74. The van der Waals surface area contributed by atoms with Gasteiger partial charge in [0.1, 0.15) is 11.5 Å². The van der Waals surface area contributed by atoms with E-state index in [0.29, 0.717) is 16.0 Å². The Bertz CT molecular complexity index is 1510. The van der Waals surface area contributed by atoms with Gasteiger partial charge in [-0.2, -0.15) is 5.10 Å². The smallest absolute Gasteiger partial charge is 0.341 e. The second-order valence-corrected chi connectivity index (χ2v) is 8.64. The molecule has 0 fully saturated rings. The Morgan fingerprint density at radius 3 is 2.37 bits per heavy atom. The first-order valence-electron chi connectivity index (χ1n) is 10.8. The normalized spacial score (nSPS) is 10.8. The highest BCUT2D eigenvalue weighted by molar-refractivity contribution is 7.20. The summed E-state index contributed by atoms with van der Waals surface area (Å²) in [6.45, 7) is 3.18. The minimum absolute atomic E-state index is 0.112. The van der Waals surface area contributed by atoms with E-state index in [1.807, 2.05) is 30.3 Å². The number of rotatable bonds is 7. The molecule has 2 amide bonds. The van der Waals surface area contributed by atoms with Crippen LogP contribution in [0.15, 0.2) is 59.4 Å². The van der Waals surface area contributed by atoms with E-state index in [9.17, 15) is 19.2 Å². The molecule has 10 heteroatoms. The van der Waals surface area contributed by atoms with Crippen molar-refractivity contribution in [2.45, 2.75) is 20.4 Å². The van der Waals surface area contributed by atoms with E-state index in [-0.39, 0.29) is 23.3 Å². The molecule has 0 aliphatic carbocycles. The topological polar surface area (TPSA) is 133 Å². The number of nitrogens with two attached hydrogens (primary N) is 1. The minimum Gasteiger partial charge on any atom is -0.462 e. The van der Waals surface area contributed by atoms with Crippen molar-refractivity contribution in [2.24, 2.45) is 5.73 Å². The minimum atomic E-state index is -0.818. The van der Waals surface area contributed by atoms with Crippen LogP contribution < -0.4 is 16.6 Å². The van der Waals surface area contributed by atoms with E-state index < -0.39 is 29.9 Å². The average molecular weight is 491 g/mol. The molecular weight excluding hydrogens is 468 g/mol. The summed E-state index contributed by atoms with van der Waals surface area (Å²) in [5.74, 6) is -1.98. The molecule has 0 aliphatic rings. The standard InChI is InChI=1S/C25H22N4O5S/c1-3-34-25(33)19-14(2)21(15-9-5-4-6-10-15)35-23(19)27-18(30)13-29-24(32)17-12-8-7-11-16(17)20(28-29)22(26)31/h4-12H,3,13H2,1-2H3,(H2,26,31)(H,27,30). The Hall–Kier alpha value is -4.31. The van der Waals surface area contributed by atoms with Crippen molar-refractivity contribution in [3.8, 4) is 10.4 Å². The largest absolute Gasteiger partial charge is 0.462 e. The summed E-state index contributed by atoms with van der Waals surface area (Å²) in [6, 6.07) is 15.9. The predicted molar refractivity (Wildman–Crippen MR) is 134 cm³/mol. The first kappa shape index (κ1) is 23.8. The van der Waals surface area contributed by atoms with Gasteiger partial charge in [0, 0.05) is 10.3 Å². The molecule has 9 nitrogen and oxygen atoms in total. The zero-order valence-electron chi connectivity index (χ0n) is 19.0. The van der Waals surface area contributed by atoms with E-state index in [1.54, 1.807) is 32.0 Å². The molecule has 4 rings (SSSR count). The van der Waals surface area contributed by atoms with E-state index in [0.717, 1.165) is 15.1 Å². The molecule has 2 aromatic carbocycles. The number of thiophene rings is 1. The fraction of sp³-hybridized carbons (Fsp3) is 0.160. The monoisotopic (exact) mass is 490 g/mol. The number of fused-ring (bicyclic) bond motifs is 1. The number of ether oxygens (including phenoxy) is 1. The summed E-state index contributed by atoms with van der Waals surface area (Å²) in [6.07, 6.45) is 0. The van der Waals surface area contributed by atoms with Crippen LogP contribution in [0.1, 0.15) is 33.3 Å². The van der Waals surface area contributed by atoms with Crippen molar-refractivity contribution in [1.82, 2.24) is 9.78 Å². The lowest BCUT2D eigenvalue weighted by Gasteiger charge is -2.10. The molecule has 0 unspecified atom stereocenters. The lowest BCUT2D eigenvalue weighted by atomic mass is 10.1. The van der Waals surface area contributed by atoms with Gasteiger partial charge in [-0.3, -0.25) is 14.4 Å². The quantitative estimate of drug-likeness (QED) is 0.382. The van der Waals surface area contributed by atoms with Gasteiger partial charge < -0.3 is 15.8 Å². The van der Waals surface area contributed by atoms with Crippen LogP contribution >= 0.6 is 11.3 Å². The number of amides is 2. The van der Waals surface area contributed by atoms with Crippen LogP contribution in [0.2, 0.25) is 0 Å². The molecule has 0 saturated heterocycles. The van der Waals surface area contributed by atoms with Crippen molar-refractivity contribution in [2.75, 3.05) is 11.9 Å². The van der Waals surface area contributed by atoms with Crippen molar-refractivity contribution < 1.29 is 19.1 Å². The fourth-order valence-electron chi connectivity index (χ4n) is 3.74. The molecule has 0 aliphatic heterocycles. The number of aromatic nitrogens is 2. The number of esters is 1. The Morgan fingerprint density at radius 2 is 1.71 bits per heavy atom. The highest BCUT2D eigenvalue weighted by atomic mass is 32.1. The predicted octanol–water partition coefficient (Wildman–Crippen LogP) is 3.35. The van der Waals surface area contributed by atoms with Gasteiger partial charge in [0.15, 0.2) is 5.69 Å². The van der Waals surface area contributed by atoms with Crippen molar-refractivity contribution in [3.05, 3.63) is 81.8 Å². The highest BCUT2D eigenvalue weighted by Gasteiger charge is 2.25. The molecule has 0 radical (unpaired) electrons.